The molecule has 0 aromatic rings. The third kappa shape index (κ3) is 3.15. The van der Waals surface area contributed by atoms with Crippen molar-refractivity contribution in [3.8, 4) is 0 Å². The zero-order chi connectivity index (χ0) is 16.9. The number of hydroxylamine groups is 2. The van der Waals surface area contributed by atoms with Crippen molar-refractivity contribution in [3.05, 3.63) is 0 Å². The van der Waals surface area contributed by atoms with Gasteiger partial charge in [0, 0.05) is 13.1 Å². The molecule has 4 atom stereocenters. The Morgan fingerprint density at radius 3 is 2.57 bits per heavy atom. The van der Waals surface area contributed by atoms with Crippen molar-refractivity contribution in [2.24, 2.45) is 0 Å². The number of rotatable bonds is 4. The van der Waals surface area contributed by atoms with Gasteiger partial charge in [-0.2, -0.15) is 13.5 Å². The van der Waals surface area contributed by atoms with Gasteiger partial charge in [-0.15, -0.1) is 4.28 Å². The zero-order valence-corrected chi connectivity index (χ0v) is 13.1. The number of amidine groups is 1. The molecule has 2 bridgehead atoms. The van der Waals surface area contributed by atoms with Crippen LogP contribution in [0.15, 0.2) is 0 Å². The number of hydrogen-bond donors (Lipinski definition) is 3. The fraction of sp³-hybridized carbons (Fsp3) is 0.727. The molecular weight excluding hydrogens is 330 g/mol. The van der Waals surface area contributed by atoms with Crippen LogP contribution in [0, 0.1) is 5.41 Å². The second-order valence-corrected chi connectivity index (χ2v) is 6.87. The van der Waals surface area contributed by atoms with Crippen LogP contribution in [0.25, 0.3) is 0 Å². The van der Waals surface area contributed by atoms with Crippen LogP contribution in [0.1, 0.15) is 12.8 Å². The second-order valence-electron chi connectivity index (χ2n) is 5.87. The number of urea groups is 1. The van der Waals surface area contributed by atoms with Crippen molar-refractivity contribution < 1.29 is 26.8 Å². The Bertz CT molecular complexity index is 666. The summed E-state index contributed by atoms with van der Waals surface area (Å²) in [7, 11) is -3.01. The first kappa shape index (κ1) is 16.1. The molecule has 0 spiro atoms. The van der Waals surface area contributed by atoms with Gasteiger partial charge >= 0.3 is 16.4 Å². The lowest BCUT2D eigenvalue weighted by Crippen LogP contribution is -2.51. The van der Waals surface area contributed by atoms with E-state index in [0.29, 0.717) is 24.4 Å². The highest BCUT2D eigenvalue weighted by Gasteiger charge is 2.49. The van der Waals surface area contributed by atoms with Crippen LogP contribution >= 0.6 is 0 Å². The van der Waals surface area contributed by atoms with E-state index in [2.05, 4.69) is 9.60 Å². The Kier molecular flexibility index (Phi) is 3.78. The van der Waals surface area contributed by atoms with Crippen LogP contribution in [0.3, 0.4) is 0 Å². The van der Waals surface area contributed by atoms with Gasteiger partial charge in [-0.1, -0.05) is 0 Å². The minimum absolute atomic E-state index is 0.101. The fourth-order valence-corrected chi connectivity index (χ4v) is 3.33. The molecule has 0 aliphatic carbocycles. The molecule has 3 aliphatic heterocycles. The van der Waals surface area contributed by atoms with Crippen molar-refractivity contribution in [3.63, 3.8) is 0 Å². The van der Waals surface area contributed by atoms with E-state index in [1.54, 1.807) is 7.05 Å². The van der Waals surface area contributed by atoms with Gasteiger partial charge in [-0.3, -0.25) is 19.7 Å². The highest BCUT2D eigenvalue weighted by atomic mass is 32.3. The number of amides is 3. The Morgan fingerprint density at radius 2 is 2.00 bits per heavy atom. The summed E-state index contributed by atoms with van der Waals surface area (Å²) in [5.41, 5.74) is 0. The van der Waals surface area contributed by atoms with E-state index in [1.807, 2.05) is 4.90 Å². The standard InChI is InChI=1S/C11H17N5O6S/c1-14-5-8(14)10(17)13-9(12)7-3-2-6-4-15(7)11(18)16(6)22-23(19,20)21/h6-8H,2-5H2,1H3,(H2,12,13,17)(H,19,20,21). The van der Waals surface area contributed by atoms with Gasteiger partial charge in [0.05, 0.1) is 12.1 Å². The Labute approximate surface area is 132 Å². The number of nitrogens with zero attached hydrogens (tertiary/aromatic N) is 3. The number of nitrogens with one attached hydrogen (secondary N) is 2. The molecule has 128 valence electrons. The lowest BCUT2D eigenvalue weighted by molar-refractivity contribution is -0.119. The third-order valence-corrected chi connectivity index (χ3v) is 4.60. The molecule has 3 amide bonds. The quantitative estimate of drug-likeness (QED) is 0.240. The molecule has 0 saturated carbocycles. The van der Waals surface area contributed by atoms with Crippen LogP contribution in [-0.2, 0) is 19.5 Å². The summed E-state index contributed by atoms with van der Waals surface area (Å²) in [6, 6.07) is -2.17. The van der Waals surface area contributed by atoms with Gasteiger partial charge in [0.25, 0.3) is 0 Å². The average Bonchev–Trinajstić information content (AvgIpc) is 3.14. The summed E-state index contributed by atoms with van der Waals surface area (Å²) >= 11 is 0. The molecule has 23 heavy (non-hydrogen) atoms. The van der Waals surface area contributed by atoms with Crippen molar-refractivity contribution in [2.75, 3.05) is 20.1 Å². The first-order valence-corrected chi connectivity index (χ1v) is 8.40. The molecule has 3 heterocycles. The van der Waals surface area contributed by atoms with E-state index >= 15 is 0 Å². The topological polar surface area (TPSA) is 143 Å². The fourth-order valence-electron chi connectivity index (χ4n) is 2.94. The van der Waals surface area contributed by atoms with E-state index < -0.39 is 28.5 Å². The average molecular weight is 347 g/mol. The maximum Gasteiger partial charge on any atom is 0.418 e. The molecule has 0 aromatic carbocycles. The third-order valence-electron chi connectivity index (χ3n) is 4.25. The van der Waals surface area contributed by atoms with E-state index in [4.69, 9.17) is 9.96 Å². The Balaban J connectivity index is 1.66. The number of carbonyl (C=O) groups is 2. The summed E-state index contributed by atoms with van der Waals surface area (Å²) < 4.78 is 34.7. The second kappa shape index (κ2) is 5.40. The monoisotopic (exact) mass is 347 g/mol. The maximum atomic E-state index is 12.2. The van der Waals surface area contributed by atoms with Gasteiger partial charge in [0.1, 0.15) is 11.9 Å². The minimum atomic E-state index is -4.80. The molecule has 0 aromatic heterocycles. The van der Waals surface area contributed by atoms with E-state index in [0.717, 1.165) is 0 Å². The highest BCUT2D eigenvalue weighted by Crippen LogP contribution is 2.30. The van der Waals surface area contributed by atoms with Crippen LogP contribution in [0.5, 0.6) is 0 Å². The van der Waals surface area contributed by atoms with Crippen LogP contribution in [0.2, 0.25) is 0 Å². The molecule has 0 radical (unpaired) electrons. The number of piperidine rings is 1. The number of fused-ring (bicyclic) bond motifs is 2. The smallest absolute Gasteiger partial charge is 0.312 e. The zero-order valence-electron chi connectivity index (χ0n) is 12.3. The van der Waals surface area contributed by atoms with Gasteiger partial charge in [-0.05, 0) is 19.9 Å². The molecule has 3 saturated heterocycles. The molecule has 3 fully saturated rings. The van der Waals surface area contributed by atoms with Gasteiger partial charge in [0.2, 0.25) is 5.91 Å². The molecule has 3 aliphatic rings. The summed E-state index contributed by atoms with van der Waals surface area (Å²) in [4.78, 5) is 27.1. The lowest BCUT2D eigenvalue weighted by Gasteiger charge is -2.30. The molecule has 11 nitrogen and oxygen atoms in total. The van der Waals surface area contributed by atoms with Crippen LogP contribution < -0.4 is 5.32 Å². The summed E-state index contributed by atoms with van der Waals surface area (Å²) in [6.07, 6.45) is 0.783. The molecular formula is C11H17N5O6S. The SMILES string of the molecule is CN1CC1C(=O)NC(=N)C1CCC2CN1C(=O)N2OS(=O)(=O)O. The molecule has 3 rings (SSSR count). The Morgan fingerprint density at radius 1 is 1.35 bits per heavy atom. The predicted octanol–water partition coefficient (Wildman–Crippen LogP) is -1.60. The number of carbonyl (C=O) groups excluding carboxylic acids is 2. The van der Waals surface area contributed by atoms with Crippen molar-refractivity contribution in [2.45, 2.75) is 31.0 Å². The summed E-state index contributed by atoms with van der Waals surface area (Å²) in [6.45, 7) is 0.797. The molecule has 12 heteroatoms. The first-order chi connectivity index (χ1) is 10.7. The van der Waals surface area contributed by atoms with Gasteiger partial charge in [-0.25, -0.2) is 4.79 Å². The first-order valence-electron chi connectivity index (χ1n) is 7.04. The largest absolute Gasteiger partial charge is 0.418 e. The van der Waals surface area contributed by atoms with Crippen LogP contribution in [-0.4, -0.2) is 83.9 Å². The summed E-state index contributed by atoms with van der Waals surface area (Å²) in [5.74, 6) is -0.395. The van der Waals surface area contributed by atoms with Crippen molar-refractivity contribution in [1.29, 1.82) is 5.41 Å². The minimum Gasteiger partial charge on any atom is -0.312 e. The summed E-state index contributed by atoms with van der Waals surface area (Å²) in [5, 5.41) is 11.1. The van der Waals surface area contributed by atoms with Gasteiger partial charge < -0.3 is 10.2 Å². The van der Waals surface area contributed by atoms with E-state index in [1.165, 1.54) is 4.90 Å². The molecule has 4 unspecified atom stereocenters. The normalized spacial score (nSPS) is 32.9. The van der Waals surface area contributed by atoms with E-state index in [-0.39, 0.29) is 24.3 Å². The maximum absolute atomic E-state index is 12.2. The van der Waals surface area contributed by atoms with Crippen molar-refractivity contribution >= 4 is 28.2 Å². The highest BCUT2D eigenvalue weighted by molar-refractivity contribution is 7.80. The van der Waals surface area contributed by atoms with Crippen LogP contribution in [0.4, 0.5) is 4.79 Å². The number of hydrogen-bond acceptors (Lipinski definition) is 7. The predicted molar refractivity (Wildman–Crippen MR) is 75.7 cm³/mol. The molecule has 3 N–H and O–H groups in total. The Hall–Kier alpha value is -1.76. The number of likely N-dealkylation sites (N-methyl/N-ethyl adjacent to an activating group) is 1. The van der Waals surface area contributed by atoms with E-state index in [9.17, 15) is 18.0 Å². The lowest BCUT2D eigenvalue weighted by atomic mass is 10.00. The van der Waals surface area contributed by atoms with Crippen molar-refractivity contribution in [1.82, 2.24) is 20.2 Å². The van der Waals surface area contributed by atoms with Gasteiger partial charge in [0.15, 0.2) is 0 Å².